The number of carbonyl (C=O) groups is 1. The Balaban J connectivity index is 4.52. The lowest BCUT2D eigenvalue weighted by atomic mass is 10.2. The summed E-state index contributed by atoms with van der Waals surface area (Å²) in [5.74, 6) is -13.7. The highest BCUT2D eigenvalue weighted by atomic mass is 19.3. The molecule has 0 fully saturated rings. The Hall–Kier alpha value is -1.09. The Labute approximate surface area is 83.2 Å². The first-order valence-electron chi connectivity index (χ1n) is 3.51. The molecule has 10 heteroatoms. The molecule has 0 amide bonds. The molecular formula is C6H4F8O2. The van der Waals surface area contributed by atoms with Gasteiger partial charge in [0.25, 0.3) is 0 Å². The summed E-state index contributed by atoms with van der Waals surface area (Å²) >= 11 is 0. The highest BCUT2D eigenvalue weighted by Gasteiger charge is 2.63. The third-order valence-corrected chi connectivity index (χ3v) is 1.34. The summed E-state index contributed by atoms with van der Waals surface area (Å²) < 4.78 is 97.6. The summed E-state index contributed by atoms with van der Waals surface area (Å²) in [5.41, 5.74) is 0. The number of hydrogen-bond donors (Lipinski definition) is 0. The summed E-state index contributed by atoms with van der Waals surface area (Å²) in [4.78, 5) is 9.95. The van der Waals surface area contributed by atoms with Crippen molar-refractivity contribution in [3.05, 3.63) is 0 Å². The molecule has 16 heavy (non-hydrogen) atoms. The lowest BCUT2D eigenvalue weighted by molar-refractivity contribution is -0.277. The molecule has 0 atom stereocenters. The first-order valence-corrected chi connectivity index (χ1v) is 3.51. The molecule has 0 unspecified atom stereocenters. The fraction of sp³-hybridized carbons (Fsp3) is 0.833. The lowest BCUT2D eigenvalue weighted by Gasteiger charge is -2.25. The van der Waals surface area contributed by atoms with E-state index in [2.05, 4.69) is 4.74 Å². The van der Waals surface area contributed by atoms with Crippen LogP contribution in [0.15, 0.2) is 0 Å². The lowest BCUT2D eigenvalue weighted by Crippen LogP contribution is -2.49. The van der Waals surface area contributed by atoms with E-state index in [0.717, 1.165) is 0 Å². The van der Waals surface area contributed by atoms with Crippen molar-refractivity contribution in [1.82, 2.24) is 0 Å². The third-order valence-electron chi connectivity index (χ3n) is 1.34. The molecule has 0 aromatic rings. The van der Waals surface area contributed by atoms with Gasteiger partial charge in [0, 0.05) is 0 Å². The first-order chi connectivity index (χ1) is 7.02. The van der Waals surface area contributed by atoms with Crippen molar-refractivity contribution in [2.24, 2.45) is 0 Å². The zero-order chi connectivity index (χ0) is 13.1. The fourth-order valence-electron chi connectivity index (χ4n) is 0.481. The second-order valence-electron chi connectivity index (χ2n) is 2.54. The van der Waals surface area contributed by atoms with Gasteiger partial charge in [-0.3, -0.25) is 0 Å². The predicted octanol–water partition coefficient (Wildman–Crippen LogP) is 2.33. The van der Waals surface area contributed by atoms with E-state index in [1.165, 1.54) is 0 Å². The quantitative estimate of drug-likeness (QED) is 0.560. The molecule has 0 aliphatic carbocycles. The Morgan fingerprint density at radius 3 is 1.81 bits per heavy atom. The Kier molecular flexibility index (Phi) is 4.50. The zero-order valence-corrected chi connectivity index (χ0v) is 7.20. The molecule has 0 bridgehead atoms. The van der Waals surface area contributed by atoms with E-state index in [-0.39, 0.29) is 0 Å². The van der Waals surface area contributed by atoms with Crippen molar-refractivity contribution in [3.8, 4) is 0 Å². The number of esters is 1. The van der Waals surface area contributed by atoms with Crippen LogP contribution in [0.25, 0.3) is 0 Å². The minimum absolute atomic E-state index is 2.50. The van der Waals surface area contributed by atoms with Crippen molar-refractivity contribution in [2.75, 3.05) is 6.61 Å². The minimum Gasteiger partial charge on any atom is -0.455 e. The van der Waals surface area contributed by atoms with Crippen LogP contribution in [-0.2, 0) is 9.53 Å². The maximum Gasteiger partial charge on any atom is 0.374 e. The molecule has 0 radical (unpaired) electrons. The van der Waals surface area contributed by atoms with Gasteiger partial charge in [-0.05, 0) is 0 Å². The van der Waals surface area contributed by atoms with Gasteiger partial charge in [-0.15, -0.1) is 0 Å². The molecule has 0 saturated heterocycles. The number of hydrogen-bond acceptors (Lipinski definition) is 2. The van der Waals surface area contributed by atoms with E-state index in [4.69, 9.17) is 0 Å². The highest BCUT2D eigenvalue weighted by molar-refractivity contribution is 5.72. The van der Waals surface area contributed by atoms with Crippen molar-refractivity contribution in [2.45, 2.75) is 24.7 Å². The van der Waals surface area contributed by atoms with Crippen LogP contribution in [0.5, 0.6) is 0 Å². The molecular weight excluding hydrogens is 256 g/mol. The normalized spacial score (nSPS) is 13.4. The number of halogens is 8. The van der Waals surface area contributed by atoms with Crippen LogP contribution >= 0.6 is 0 Å². The standard InChI is InChI=1S/C6H4F8O2/c7-2(8)3(15)16-1-5(11,12)6(13,14)4(9)10/h2,4H,1H2. The first kappa shape index (κ1) is 14.9. The van der Waals surface area contributed by atoms with Crippen molar-refractivity contribution < 1.29 is 44.7 Å². The number of carbonyl (C=O) groups excluding carboxylic acids is 1. The Morgan fingerprint density at radius 1 is 1.06 bits per heavy atom. The van der Waals surface area contributed by atoms with Gasteiger partial charge < -0.3 is 4.74 Å². The molecule has 0 saturated carbocycles. The predicted molar refractivity (Wildman–Crippen MR) is 32.9 cm³/mol. The average molecular weight is 260 g/mol. The molecule has 0 aromatic heterocycles. The van der Waals surface area contributed by atoms with Gasteiger partial charge in [-0.25, -0.2) is 13.6 Å². The van der Waals surface area contributed by atoms with Crippen LogP contribution in [0.2, 0.25) is 0 Å². The summed E-state index contributed by atoms with van der Waals surface area (Å²) in [7, 11) is 0. The van der Waals surface area contributed by atoms with Gasteiger partial charge in [0.05, 0.1) is 0 Å². The van der Waals surface area contributed by atoms with Crippen LogP contribution < -0.4 is 0 Å². The molecule has 0 heterocycles. The van der Waals surface area contributed by atoms with E-state index in [1.807, 2.05) is 0 Å². The van der Waals surface area contributed by atoms with Gasteiger partial charge in [0.15, 0.2) is 6.61 Å². The number of alkyl halides is 8. The molecule has 0 spiro atoms. The van der Waals surface area contributed by atoms with Gasteiger partial charge in [-0.1, -0.05) is 0 Å². The van der Waals surface area contributed by atoms with Gasteiger partial charge >= 0.3 is 30.7 Å². The van der Waals surface area contributed by atoms with Crippen LogP contribution in [0.1, 0.15) is 0 Å². The molecule has 2 nitrogen and oxygen atoms in total. The summed E-state index contributed by atoms with van der Waals surface area (Å²) in [6.07, 6.45) is -8.52. The van der Waals surface area contributed by atoms with Crippen LogP contribution in [0.4, 0.5) is 35.1 Å². The van der Waals surface area contributed by atoms with Gasteiger partial charge in [0.1, 0.15) is 0 Å². The van der Waals surface area contributed by atoms with Gasteiger partial charge in [-0.2, -0.15) is 26.3 Å². The van der Waals surface area contributed by atoms with E-state index in [0.29, 0.717) is 0 Å². The molecule has 0 aliphatic heterocycles. The second kappa shape index (κ2) is 4.83. The molecule has 0 aliphatic rings. The Bertz CT molecular complexity index is 251. The fourth-order valence-corrected chi connectivity index (χ4v) is 0.481. The smallest absolute Gasteiger partial charge is 0.374 e. The van der Waals surface area contributed by atoms with Gasteiger partial charge in [0.2, 0.25) is 0 Å². The minimum atomic E-state index is -5.77. The van der Waals surface area contributed by atoms with Crippen molar-refractivity contribution in [3.63, 3.8) is 0 Å². The zero-order valence-electron chi connectivity index (χ0n) is 7.20. The SMILES string of the molecule is O=C(OCC(F)(F)C(F)(F)C(F)F)C(F)F. The average Bonchev–Trinajstić information content (AvgIpc) is 2.13. The van der Waals surface area contributed by atoms with Crippen LogP contribution in [0, 0.1) is 0 Å². The van der Waals surface area contributed by atoms with E-state index >= 15 is 0 Å². The maximum absolute atomic E-state index is 12.3. The topological polar surface area (TPSA) is 26.3 Å². The van der Waals surface area contributed by atoms with E-state index in [9.17, 15) is 39.9 Å². The second-order valence-corrected chi connectivity index (χ2v) is 2.54. The van der Waals surface area contributed by atoms with Crippen LogP contribution in [0.3, 0.4) is 0 Å². The molecule has 0 N–H and O–H groups in total. The molecule has 0 aromatic carbocycles. The van der Waals surface area contributed by atoms with E-state index in [1.54, 1.807) is 0 Å². The highest BCUT2D eigenvalue weighted by Crippen LogP contribution is 2.39. The maximum atomic E-state index is 12.3. The summed E-state index contributed by atoms with van der Waals surface area (Å²) in [6.45, 7) is -2.55. The van der Waals surface area contributed by atoms with Crippen molar-refractivity contribution in [1.29, 1.82) is 0 Å². The monoisotopic (exact) mass is 260 g/mol. The largest absolute Gasteiger partial charge is 0.455 e. The number of ether oxygens (including phenoxy) is 1. The van der Waals surface area contributed by atoms with Crippen molar-refractivity contribution >= 4 is 5.97 Å². The van der Waals surface area contributed by atoms with E-state index < -0.39 is 37.3 Å². The van der Waals surface area contributed by atoms with Crippen LogP contribution in [-0.4, -0.2) is 37.3 Å². The Morgan fingerprint density at radius 2 is 1.50 bits per heavy atom. The number of rotatable bonds is 5. The molecule has 96 valence electrons. The third kappa shape index (κ3) is 3.20. The summed E-state index contributed by atoms with van der Waals surface area (Å²) in [5, 5.41) is 0. The summed E-state index contributed by atoms with van der Waals surface area (Å²) in [6, 6.07) is 0. The molecule has 0 rings (SSSR count).